The number of nitrogens with one attached hydrogen (secondary N) is 1. The minimum absolute atomic E-state index is 0.0470. The molecule has 0 unspecified atom stereocenters. The number of carbonyl (C=O) groups excluding carboxylic acids is 2. The van der Waals surface area contributed by atoms with Crippen LogP contribution in [-0.2, 0) is 4.79 Å². The topological polar surface area (TPSA) is 52.7 Å². The van der Waals surface area contributed by atoms with E-state index >= 15 is 0 Å². The van der Waals surface area contributed by atoms with Crippen LogP contribution in [0.4, 0.5) is 10.1 Å². The molecule has 2 aromatic carbocycles. The van der Waals surface area contributed by atoms with E-state index in [0.29, 0.717) is 37.4 Å². The summed E-state index contributed by atoms with van der Waals surface area (Å²) in [5.41, 5.74) is 1.06. The SMILES string of the molecule is O=C(NCC(=O)N1CCN(c2ccccc2F)CC1)c1ccc(Br)cc1. The monoisotopic (exact) mass is 419 g/mol. The highest BCUT2D eigenvalue weighted by molar-refractivity contribution is 9.10. The van der Waals surface area contributed by atoms with Crippen molar-refractivity contribution < 1.29 is 14.0 Å². The fourth-order valence-electron chi connectivity index (χ4n) is 2.88. The van der Waals surface area contributed by atoms with Gasteiger partial charge in [0.25, 0.3) is 5.91 Å². The van der Waals surface area contributed by atoms with E-state index in [4.69, 9.17) is 0 Å². The number of nitrogens with zero attached hydrogens (tertiary/aromatic N) is 2. The summed E-state index contributed by atoms with van der Waals surface area (Å²) in [5.74, 6) is -0.673. The number of rotatable bonds is 4. The van der Waals surface area contributed by atoms with Crippen LogP contribution in [0, 0.1) is 5.82 Å². The molecule has 0 aromatic heterocycles. The molecular weight excluding hydrogens is 401 g/mol. The third-order valence-corrected chi connectivity index (χ3v) is 4.86. The van der Waals surface area contributed by atoms with Crippen molar-refractivity contribution in [3.8, 4) is 0 Å². The van der Waals surface area contributed by atoms with Gasteiger partial charge in [0.05, 0.1) is 12.2 Å². The summed E-state index contributed by atoms with van der Waals surface area (Å²) in [6.45, 7) is 2.08. The summed E-state index contributed by atoms with van der Waals surface area (Å²) < 4.78 is 14.7. The van der Waals surface area contributed by atoms with Crippen LogP contribution >= 0.6 is 15.9 Å². The number of halogens is 2. The summed E-state index contributed by atoms with van der Waals surface area (Å²) in [4.78, 5) is 28.0. The highest BCUT2D eigenvalue weighted by Gasteiger charge is 2.22. The van der Waals surface area contributed by atoms with E-state index in [9.17, 15) is 14.0 Å². The number of anilines is 1. The molecule has 0 atom stereocenters. The lowest BCUT2D eigenvalue weighted by molar-refractivity contribution is -0.130. The van der Waals surface area contributed by atoms with Crippen molar-refractivity contribution in [2.45, 2.75) is 0 Å². The third kappa shape index (κ3) is 4.40. The van der Waals surface area contributed by atoms with Crippen LogP contribution < -0.4 is 10.2 Å². The van der Waals surface area contributed by atoms with Crippen LogP contribution in [0.1, 0.15) is 10.4 Å². The molecule has 3 rings (SSSR count). The van der Waals surface area contributed by atoms with Crippen molar-refractivity contribution in [2.75, 3.05) is 37.6 Å². The molecule has 1 fully saturated rings. The maximum absolute atomic E-state index is 13.9. The first-order valence-electron chi connectivity index (χ1n) is 8.35. The van der Waals surface area contributed by atoms with Crippen molar-refractivity contribution in [1.82, 2.24) is 10.2 Å². The predicted molar refractivity (Wildman–Crippen MR) is 102 cm³/mol. The van der Waals surface area contributed by atoms with Gasteiger partial charge in [-0.15, -0.1) is 0 Å². The fourth-order valence-corrected chi connectivity index (χ4v) is 3.14. The molecule has 1 saturated heterocycles. The van der Waals surface area contributed by atoms with Crippen LogP contribution in [0.5, 0.6) is 0 Å². The molecule has 136 valence electrons. The Morgan fingerprint density at radius 2 is 1.65 bits per heavy atom. The maximum Gasteiger partial charge on any atom is 0.251 e. The Morgan fingerprint density at radius 1 is 1.00 bits per heavy atom. The van der Waals surface area contributed by atoms with Gasteiger partial charge in [-0.05, 0) is 36.4 Å². The Labute approximate surface area is 159 Å². The van der Waals surface area contributed by atoms with E-state index in [0.717, 1.165) is 4.47 Å². The zero-order valence-electron chi connectivity index (χ0n) is 14.1. The smallest absolute Gasteiger partial charge is 0.251 e. The highest BCUT2D eigenvalue weighted by Crippen LogP contribution is 2.20. The second-order valence-electron chi connectivity index (χ2n) is 6.01. The molecule has 2 aromatic rings. The maximum atomic E-state index is 13.9. The minimum Gasteiger partial charge on any atom is -0.366 e. The number of hydrogen-bond acceptors (Lipinski definition) is 3. The number of para-hydroxylation sites is 1. The average Bonchev–Trinajstić information content (AvgIpc) is 2.67. The number of piperazine rings is 1. The molecule has 26 heavy (non-hydrogen) atoms. The summed E-state index contributed by atoms with van der Waals surface area (Å²) in [7, 11) is 0. The Balaban J connectivity index is 1.48. The lowest BCUT2D eigenvalue weighted by atomic mass is 10.2. The zero-order valence-corrected chi connectivity index (χ0v) is 15.7. The summed E-state index contributed by atoms with van der Waals surface area (Å²) in [6.07, 6.45) is 0. The van der Waals surface area contributed by atoms with Gasteiger partial charge in [0.2, 0.25) is 5.91 Å². The first kappa shape index (κ1) is 18.4. The van der Waals surface area contributed by atoms with Gasteiger partial charge >= 0.3 is 0 Å². The van der Waals surface area contributed by atoms with Crippen molar-refractivity contribution in [3.05, 3.63) is 64.4 Å². The van der Waals surface area contributed by atoms with Crippen LogP contribution in [0.2, 0.25) is 0 Å². The quantitative estimate of drug-likeness (QED) is 0.828. The van der Waals surface area contributed by atoms with Crippen molar-refractivity contribution in [1.29, 1.82) is 0 Å². The van der Waals surface area contributed by atoms with Gasteiger partial charge in [-0.25, -0.2) is 4.39 Å². The van der Waals surface area contributed by atoms with E-state index in [1.165, 1.54) is 6.07 Å². The van der Waals surface area contributed by atoms with E-state index in [2.05, 4.69) is 21.2 Å². The second-order valence-corrected chi connectivity index (χ2v) is 6.92. The molecule has 1 heterocycles. The highest BCUT2D eigenvalue weighted by atomic mass is 79.9. The molecule has 5 nitrogen and oxygen atoms in total. The van der Waals surface area contributed by atoms with Gasteiger partial charge in [-0.1, -0.05) is 28.1 Å². The van der Waals surface area contributed by atoms with Gasteiger partial charge in [-0.2, -0.15) is 0 Å². The molecule has 0 aliphatic carbocycles. The minimum atomic E-state index is -0.282. The zero-order chi connectivity index (χ0) is 18.5. The molecule has 1 aliphatic rings. The molecule has 1 aliphatic heterocycles. The third-order valence-electron chi connectivity index (χ3n) is 4.33. The first-order valence-corrected chi connectivity index (χ1v) is 9.15. The normalized spacial score (nSPS) is 14.2. The van der Waals surface area contributed by atoms with Crippen LogP contribution in [0.15, 0.2) is 53.0 Å². The number of carbonyl (C=O) groups is 2. The van der Waals surface area contributed by atoms with E-state index < -0.39 is 0 Å². The summed E-state index contributed by atoms with van der Waals surface area (Å²) in [5, 5.41) is 2.65. The van der Waals surface area contributed by atoms with Gasteiger partial charge < -0.3 is 15.1 Å². The van der Waals surface area contributed by atoms with Crippen molar-refractivity contribution in [3.63, 3.8) is 0 Å². The first-order chi connectivity index (χ1) is 12.5. The standard InChI is InChI=1S/C19H19BrFN3O2/c20-15-7-5-14(6-8-15)19(26)22-13-18(25)24-11-9-23(10-12-24)17-4-2-1-3-16(17)21/h1-8H,9-13H2,(H,22,26). The molecule has 0 spiro atoms. The molecule has 7 heteroatoms. The van der Waals surface area contributed by atoms with Gasteiger partial charge in [0.1, 0.15) is 5.82 Å². The Hall–Kier alpha value is -2.41. The van der Waals surface area contributed by atoms with Crippen molar-refractivity contribution >= 4 is 33.4 Å². The molecule has 0 bridgehead atoms. The summed E-state index contributed by atoms with van der Waals surface area (Å²) in [6, 6.07) is 13.6. The largest absolute Gasteiger partial charge is 0.366 e. The molecule has 0 saturated carbocycles. The number of amides is 2. The molecular formula is C19H19BrFN3O2. The number of hydrogen-bond donors (Lipinski definition) is 1. The van der Waals surface area contributed by atoms with Gasteiger partial charge in [0.15, 0.2) is 0 Å². The Morgan fingerprint density at radius 3 is 2.31 bits per heavy atom. The number of benzene rings is 2. The van der Waals surface area contributed by atoms with E-state index in [1.54, 1.807) is 47.4 Å². The van der Waals surface area contributed by atoms with Crippen LogP contribution in [0.25, 0.3) is 0 Å². The van der Waals surface area contributed by atoms with Crippen LogP contribution in [-0.4, -0.2) is 49.4 Å². The Kier molecular flexibility index (Phi) is 5.88. The lowest BCUT2D eigenvalue weighted by Gasteiger charge is -2.36. The van der Waals surface area contributed by atoms with E-state index in [-0.39, 0.29) is 24.2 Å². The Bertz CT molecular complexity index is 790. The van der Waals surface area contributed by atoms with Gasteiger partial charge in [-0.3, -0.25) is 9.59 Å². The predicted octanol–water partition coefficient (Wildman–Crippen LogP) is 2.67. The second kappa shape index (κ2) is 8.31. The van der Waals surface area contributed by atoms with Gasteiger partial charge in [0, 0.05) is 36.2 Å². The molecule has 0 radical (unpaired) electrons. The summed E-state index contributed by atoms with van der Waals surface area (Å²) >= 11 is 3.32. The molecule has 1 N–H and O–H groups in total. The average molecular weight is 420 g/mol. The molecule has 2 amide bonds. The lowest BCUT2D eigenvalue weighted by Crippen LogP contribution is -2.51. The van der Waals surface area contributed by atoms with Crippen LogP contribution in [0.3, 0.4) is 0 Å². The van der Waals surface area contributed by atoms with E-state index in [1.807, 2.05) is 4.90 Å². The van der Waals surface area contributed by atoms with Crippen molar-refractivity contribution in [2.24, 2.45) is 0 Å². The fraction of sp³-hybridized carbons (Fsp3) is 0.263.